The number of carbonyl (C=O) groups excluding carboxylic acids is 2. The number of anilines is 1. The number of nitrogens with one attached hydrogen (secondary N) is 1. The Bertz CT molecular complexity index is 1150. The fourth-order valence-corrected chi connectivity index (χ4v) is 4.54. The Kier molecular flexibility index (Phi) is 9.02. The van der Waals surface area contributed by atoms with Crippen LogP contribution in [0.2, 0.25) is 10.0 Å². The first kappa shape index (κ1) is 28.0. The Morgan fingerprint density at radius 3 is 2.09 bits per heavy atom. The number of rotatable bonds is 8. The smallest absolute Gasteiger partial charge is 0.244 e. The first-order valence-electron chi connectivity index (χ1n) is 10.7. The van der Waals surface area contributed by atoms with Crippen LogP contribution >= 0.6 is 23.2 Å². The summed E-state index contributed by atoms with van der Waals surface area (Å²) in [6.45, 7) is 7.33. The molecule has 1 N–H and O–H groups in total. The minimum absolute atomic E-state index is 0.0465. The van der Waals surface area contributed by atoms with Crippen LogP contribution in [0.4, 0.5) is 5.69 Å². The van der Waals surface area contributed by atoms with Gasteiger partial charge in [0.1, 0.15) is 12.6 Å². The Morgan fingerprint density at radius 2 is 1.62 bits per heavy atom. The topological polar surface area (TPSA) is 86.8 Å². The van der Waals surface area contributed by atoms with Gasteiger partial charge in [-0.1, -0.05) is 62.2 Å². The van der Waals surface area contributed by atoms with Gasteiger partial charge in [0.15, 0.2) is 0 Å². The highest BCUT2D eigenvalue weighted by atomic mass is 35.5. The van der Waals surface area contributed by atoms with Gasteiger partial charge >= 0.3 is 0 Å². The molecule has 0 saturated heterocycles. The molecule has 0 unspecified atom stereocenters. The van der Waals surface area contributed by atoms with Crippen molar-refractivity contribution in [1.82, 2.24) is 10.2 Å². The van der Waals surface area contributed by atoms with Gasteiger partial charge in [0, 0.05) is 13.6 Å². The molecule has 0 aliphatic carbocycles. The van der Waals surface area contributed by atoms with Crippen molar-refractivity contribution in [3.63, 3.8) is 0 Å². The maximum absolute atomic E-state index is 13.4. The predicted molar refractivity (Wildman–Crippen MR) is 138 cm³/mol. The van der Waals surface area contributed by atoms with E-state index in [0.29, 0.717) is 21.3 Å². The van der Waals surface area contributed by atoms with E-state index in [4.69, 9.17) is 23.2 Å². The average Bonchev–Trinajstić information content (AvgIpc) is 2.75. The number of hydrogen-bond donors (Lipinski definition) is 1. The Balaban J connectivity index is 2.40. The molecule has 34 heavy (non-hydrogen) atoms. The molecule has 0 aliphatic rings. The van der Waals surface area contributed by atoms with Crippen molar-refractivity contribution in [2.75, 3.05) is 24.2 Å². The quantitative estimate of drug-likeness (QED) is 0.556. The van der Waals surface area contributed by atoms with E-state index < -0.39 is 28.5 Å². The minimum Gasteiger partial charge on any atom is -0.357 e. The monoisotopic (exact) mass is 527 g/mol. The zero-order valence-corrected chi connectivity index (χ0v) is 22.6. The van der Waals surface area contributed by atoms with E-state index >= 15 is 0 Å². The van der Waals surface area contributed by atoms with Crippen molar-refractivity contribution in [3.05, 3.63) is 63.6 Å². The van der Waals surface area contributed by atoms with Gasteiger partial charge in [-0.2, -0.15) is 0 Å². The largest absolute Gasteiger partial charge is 0.357 e. The van der Waals surface area contributed by atoms with Crippen LogP contribution < -0.4 is 9.62 Å². The van der Waals surface area contributed by atoms with Crippen LogP contribution in [0.3, 0.4) is 0 Å². The van der Waals surface area contributed by atoms with Crippen molar-refractivity contribution in [1.29, 1.82) is 0 Å². The zero-order chi connectivity index (χ0) is 25.8. The van der Waals surface area contributed by atoms with Crippen LogP contribution in [-0.2, 0) is 31.6 Å². The number of likely N-dealkylation sites (N-methyl/N-ethyl adjacent to an activating group) is 1. The van der Waals surface area contributed by atoms with Gasteiger partial charge in [-0.3, -0.25) is 13.9 Å². The SMILES string of the molecule is CNC(=O)[C@H](C)N(Cc1ccc(Cl)c(Cl)c1)C(=O)CN(c1ccc(C(C)(C)C)cc1)S(C)(=O)=O. The molecular formula is C24H31Cl2N3O4S. The molecule has 0 radical (unpaired) electrons. The summed E-state index contributed by atoms with van der Waals surface area (Å²) in [5.74, 6) is -0.915. The normalized spacial score (nSPS) is 12.7. The Hall–Kier alpha value is -2.29. The standard InChI is InChI=1S/C24H31Cl2N3O4S/c1-16(23(31)27-5)28(14-17-7-12-20(25)21(26)13-17)22(30)15-29(34(6,32)33)19-10-8-18(9-11-19)24(2,3)4/h7-13,16H,14-15H2,1-6H3,(H,27,31)/t16-/m0/s1. The van der Waals surface area contributed by atoms with Gasteiger partial charge in [-0.25, -0.2) is 8.42 Å². The highest BCUT2D eigenvalue weighted by Gasteiger charge is 2.30. The number of carbonyl (C=O) groups is 2. The number of nitrogens with zero attached hydrogens (tertiary/aromatic N) is 2. The van der Waals surface area contributed by atoms with Crippen molar-refractivity contribution < 1.29 is 18.0 Å². The van der Waals surface area contributed by atoms with Gasteiger partial charge < -0.3 is 10.2 Å². The molecule has 0 aromatic heterocycles. The maximum Gasteiger partial charge on any atom is 0.244 e. The first-order valence-corrected chi connectivity index (χ1v) is 13.3. The van der Waals surface area contributed by atoms with Crippen LogP contribution in [0.25, 0.3) is 0 Å². The molecule has 186 valence electrons. The Labute approximate surface area is 212 Å². The number of benzene rings is 2. The third kappa shape index (κ3) is 7.10. The number of halogens is 2. The number of sulfonamides is 1. The van der Waals surface area contributed by atoms with E-state index in [0.717, 1.165) is 16.1 Å². The molecule has 2 amide bonds. The molecule has 2 aromatic rings. The van der Waals surface area contributed by atoms with Gasteiger partial charge in [0.25, 0.3) is 0 Å². The predicted octanol–water partition coefficient (Wildman–Crippen LogP) is 4.22. The second-order valence-corrected chi connectivity index (χ2v) is 11.8. The summed E-state index contributed by atoms with van der Waals surface area (Å²) in [5.41, 5.74) is 1.94. The third-order valence-electron chi connectivity index (χ3n) is 5.45. The summed E-state index contributed by atoms with van der Waals surface area (Å²) in [6, 6.07) is 11.1. The van der Waals surface area contributed by atoms with Crippen molar-refractivity contribution in [2.45, 2.75) is 45.7 Å². The number of amides is 2. The van der Waals surface area contributed by atoms with E-state index in [1.54, 1.807) is 37.3 Å². The van der Waals surface area contributed by atoms with Crippen LogP contribution in [0.5, 0.6) is 0 Å². The molecule has 7 nitrogen and oxygen atoms in total. The molecule has 0 heterocycles. The van der Waals surface area contributed by atoms with E-state index in [2.05, 4.69) is 26.1 Å². The molecule has 0 spiro atoms. The van der Waals surface area contributed by atoms with E-state index in [1.165, 1.54) is 11.9 Å². The highest BCUT2D eigenvalue weighted by Crippen LogP contribution is 2.27. The summed E-state index contributed by atoms with van der Waals surface area (Å²) >= 11 is 12.1. The van der Waals surface area contributed by atoms with Gasteiger partial charge in [-0.15, -0.1) is 0 Å². The molecule has 2 rings (SSSR count). The minimum atomic E-state index is -3.78. The fraction of sp³-hybridized carbons (Fsp3) is 0.417. The molecule has 1 atom stereocenters. The van der Waals surface area contributed by atoms with E-state index in [1.807, 2.05) is 12.1 Å². The average molecular weight is 529 g/mol. The summed E-state index contributed by atoms with van der Waals surface area (Å²) < 4.78 is 26.3. The van der Waals surface area contributed by atoms with Crippen LogP contribution in [0, 0.1) is 0 Å². The molecule has 0 aliphatic heterocycles. The lowest BCUT2D eigenvalue weighted by molar-refractivity contribution is -0.139. The lowest BCUT2D eigenvalue weighted by Gasteiger charge is -2.31. The summed E-state index contributed by atoms with van der Waals surface area (Å²) in [4.78, 5) is 27.1. The van der Waals surface area contributed by atoms with Crippen LogP contribution in [-0.4, -0.2) is 51.0 Å². The van der Waals surface area contributed by atoms with Gasteiger partial charge in [0.2, 0.25) is 21.8 Å². The lowest BCUT2D eigenvalue weighted by atomic mass is 9.87. The summed E-state index contributed by atoms with van der Waals surface area (Å²) in [7, 11) is -2.31. The second-order valence-electron chi connectivity index (χ2n) is 9.13. The second kappa shape index (κ2) is 11.0. The van der Waals surface area contributed by atoms with Crippen molar-refractivity contribution in [2.24, 2.45) is 0 Å². The lowest BCUT2D eigenvalue weighted by Crippen LogP contribution is -2.50. The Morgan fingerprint density at radius 1 is 1.03 bits per heavy atom. The molecule has 10 heteroatoms. The van der Waals surface area contributed by atoms with Crippen LogP contribution in [0.15, 0.2) is 42.5 Å². The van der Waals surface area contributed by atoms with Crippen LogP contribution in [0.1, 0.15) is 38.8 Å². The van der Waals surface area contributed by atoms with Gasteiger partial charge in [-0.05, 0) is 47.7 Å². The fourth-order valence-electron chi connectivity index (χ4n) is 3.37. The highest BCUT2D eigenvalue weighted by molar-refractivity contribution is 7.92. The van der Waals surface area contributed by atoms with Crippen molar-refractivity contribution in [3.8, 4) is 0 Å². The first-order chi connectivity index (χ1) is 15.6. The molecule has 0 saturated carbocycles. The van der Waals surface area contributed by atoms with E-state index in [9.17, 15) is 18.0 Å². The molecule has 0 fully saturated rings. The summed E-state index contributed by atoms with van der Waals surface area (Å²) in [5, 5.41) is 3.21. The molecule has 0 bridgehead atoms. The van der Waals surface area contributed by atoms with E-state index in [-0.39, 0.29) is 17.9 Å². The number of hydrogen-bond acceptors (Lipinski definition) is 4. The third-order valence-corrected chi connectivity index (χ3v) is 7.33. The molecular weight excluding hydrogens is 497 g/mol. The maximum atomic E-state index is 13.4. The summed E-state index contributed by atoms with van der Waals surface area (Å²) in [6.07, 6.45) is 1.05. The molecule has 2 aromatic carbocycles. The van der Waals surface area contributed by atoms with Crippen molar-refractivity contribution >= 4 is 50.7 Å². The zero-order valence-electron chi connectivity index (χ0n) is 20.2. The van der Waals surface area contributed by atoms with Gasteiger partial charge in [0.05, 0.1) is 22.0 Å².